The topological polar surface area (TPSA) is 88.9 Å². The average molecular weight is 432 g/mol. The number of nitrogens with zero attached hydrogens (tertiary/aromatic N) is 3. The Bertz CT molecular complexity index is 1180. The van der Waals surface area contributed by atoms with Gasteiger partial charge in [0.25, 0.3) is 5.91 Å². The van der Waals surface area contributed by atoms with Gasteiger partial charge >= 0.3 is 0 Å². The van der Waals surface area contributed by atoms with Gasteiger partial charge in [0.05, 0.1) is 24.0 Å². The summed E-state index contributed by atoms with van der Waals surface area (Å²) in [6, 6.07) is 17.8. The zero-order valence-electron chi connectivity index (χ0n) is 16.9. The lowest BCUT2D eigenvalue weighted by atomic mass is 10.1. The van der Waals surface area contributed by atoms with Crippen molar-refractivity contribution in [1.82, 2.24) is 20.1 Å². The molecule has 0 fully saturated rings. The van der Waals surface area contributed by atoms with Crippen LogP contribution in [-0.2, 0) is 17.9 Å². The summed E-state index contributed by atoms with van der Waals surface area (Å²) in [5.41, 5.74) is 4.33. The summed E-state index contributed by atoms with van der Waals surface area (Å²) in [6.45, 7) is 2.59. The fourth-order valence-electron chi connectivity index (χ4n) is 2.99. The number of hydrogen-bond acceptors (Lipinski definition) is 5. The monoisotopic (exact) mass is 431 g/mol. The van der Waals surface area contributed by atoms with Gasteiger partial charge in [-0.15, -0.1) is 11.3 Å². The van der Waals surface area contributed by atoms with E-state index in [2.05, 4.69) is 20.7 Å². The summed E-state index contributed by atoms with van der Waals surface area (Å²) in [6.07, 6.45) is 3.28. The van der Waals surface area contributed by atoms with Crippen molar-refractivity contribution < 1.29 is 9.59 Å². The summed E-state index contributed by atoms with van der Waals surface area (Å²) in [5.74, 6) is -0.305. The molecular weight excluding hydrogens is 410 g/mol. The molecule has 0 bridgehead atoms. The summed E-state index contributed by atoms with van der Waals surface area (Å²) in [4.78, 5) is 28.1. The highest BCUT2D eigenvalue weighted by Gasteiger charge is 2.12. The number of hydrogen-bond donors (Lipinski definition) is 2. The number of carbonyl (C=O) groups excluding carboxylic acids is 2. The van der Waals surface area contributed by atoms with Gasteiger partial charge in [-0.2, -0.15) is 5.10 Å². The number of anilines is 1. The third-order valence-electron chi connectivity index (χ3n) is 4.60. The minimum absolute atomic E-state index is 0.0606. The number of thiazole rings is 1. The van der Waals surface area contributed by atoms with Crippen molar-refractivity contribution >= 4 is 28.3 Å². The van der Waals surface area contributed by atoms with Gasteiger partial charge < -0.3 is 5.32 Å². The number of aromatic nitrogens is 3. The van der Waals surface area contributed by atoms with Crippen LogP contribution in [0, 0.1) is 0 Å². The number of amides is 2. The lowest BCUT2D eigenvalue weighted by molar-refractivity contribution is -0.119. The van der Waals surface area contributed by atoms with Crippen LogP contribution >= 0.6 is 11.3 Å². The van der Waals surface area contributed by atoms with E-state index in [1.54, 1.807) is 17.1 Å². The van der Waals surface area contributed by atoms with Gasteiger partial charge in [0.2, 0.25) is 5.91 Å². The van der Waals surface area contributed by atoms with Crippen molar-refractivity contribution in [3.8, 4) is 11.3 Å². The van der Waals surface area contributed by atoms with E-state index in [1.165, 1.54) is 18.3 Å². The van der Waals surface area contributed by atoms with Crippen molar-refractivity contribution in [2.75, 3.05) is 5.32 Å². The van der Waals surface area contributed by atoms with Crippen LogP contribution in [0.3, 0.4) is 0 Å². The zero-order valence-corrected chi connectivity index (χ0v) is 17.7. The van der Waals surface area contributed by atoms with Gasteiger partial charge in [-0.25, -0.2) is 4.98 Å². The van der Waals surface area contributed by atoms with Gasteiger partial charge in [-0.3, -0.25) is 19.6 Å². The minimum Gasteiger partial charge on any atom is -0.352 e. The van der Waals surface area contributed by atoms with Crippen LogP contribution in [0.2, 0.25) is 0 Å². The Hall–Kier alpha value is -3.78. The normalized spacial score (nSPS) is 10.6. The van der Waals surface area contributed by atoms with Gasteiger partial charge in [-0.1, -0.05) is 54.6 Å². The van der Waals surface area contributed by atoms with Crippen LogP contribution in [0.25, 0.3) is 11.3 Å². The average Bonchev–Trinajstić information content (AvgIpc) is 3.43. The molecule has 0 radical (unpaired) electrons. The van der Waals surface area contributed by atoms with Crippen molar-refractivity contribution in [2.24, 2.45) is 0 Å². The van der Waals surface area contributed by atoms with Gasteiger partial charge in [0.1, 0.15) is 0 Å². The highest BCUT2D eigenvalue weighted by Crippen LogP contribution is 2.25. The van der Waals surface area contributed by atoms with Gasteiger partial charge in [0, 0.05) is 30.6 Å². The van der Waals surface area contributed by atoms with E-state index in [0.29, 0.717) is 23.8 Å². The number of benzene rings is 2. The smallest absolute Gasteiger partial charge is 0.260 e. The van der Waals surface area contributed by atoms with E-state index >= 15 is 0 Å². The Morgan fingerprint density at radius 3 is 2.55 bits per heavy atom. The highest BCUT2D eigenvalue weighted by molar-refractivity contribution is 7.14. The fraction of sp³-hybridized carbons (Fsp3) is 0.130. The molecule has 0 spiro atoms. The van der Waals surface area contributed by atoms with Crippen LogP contribution in [-0.4, -0.2) is 26.6 Å². The first-order valence-corrected chi connectivity index (χ1v) is 10.6. The number of nitrogens with one attached hydrogen (secondary N) is 2. The molecule has 0 atom stereocenters. The Kier molecular flexibility index (Phi) is 6.18. The molecule has 0 aliphatic heterocycles. The molecule has 8 heteroatoms. The molecular formula is C23H21N5O2S. The maximum atomic E-state index is 12.6. The van der Waals surface area contributed by atoms with Crippen molar-refractivity contribution in [1.29, 1.82) is 0 Å². The molecule has 2 N–H and O–H groups in total. The quantitative estimate of drug-likeness (QED) is 0.464. The molecule has 31 heavy (non-hydrogen) atoms. The largest absolute Gasteiger partial charge is 0.352 e. The predicted molar refractivity (Wildman–Crippen MR) is 121 cm³/mol. The number of carbonyl (C=O) groups is 2. The molecule has 0 aliphatic rings. The second kappa shape index (κ2) is 9.36. The fourth-order valence-corrected chi connectivity index (χ4v) is 3.71. The van der Waals surface area contributed by atoms with Crippen molar-refractivity contribution in [3.63, 3.8) is 0 Å². The SMILES string of the molecule is CC(=O)NCc1ccc(-c2csc(NC(=O)c3cnn(Cc4ccccc4)c3)n2)cc1. The molecule has 4 aromatic rings. The Morgan fingerprint density at radius 1 is 1.03 bits per heavy atom. The zero-order chi connectivity index (χ0) is 21.6. The van der Waals surface area contributed by atoms with E-state index in [-0.39, 0.29) is 11.8 Å². The van der Waals surface area contributed by atoms with E-state index in [9.17, 15) is 9.59 Å². The Morgan fingerprint density at radius 2 is 1.81 bits per heavy atom. The molecule has 0 saturated carbocycles. The maximum absolute atomic E-state index is 12.6. The van der Waals surface area contributed by atoms with Gasteiger partial charge in [-0.05, 0) is 11.1 Å². The van der Waals surface area contributed by atoms with Crippen LogP contribution in [0.15, 0.2) is 72.4 Å². The lowest BCUT2D eigenvalue weighted by Gasteiger charge is -2.03. The van der Waals surface area contributed by atoms with E-state index in [1.807, 2.05) is 60.0 Å². The molecule has 7 nitrogen and oxygen atoms in total. The summed E-state index contributed by atoms with van der Waals surface area (Å²) in [7, 11) is 0. The molecule has 4 rings (SSSR count). The summed E-state index contributed by atoms with van der Waals surface area (Å²) < 4.78 is 1.74. The lowest BCUT2D eigenvalue weighted by Crippen LogP contribution is -2.18. The standard InChI is InChI=1S/C23H21N5O2S/c1-16(29)24-11-17-7-9-19(10-8-17)21-15-31-23(26-21)27-22(30)20-12-25-28(14-20)13-18-5-3-2-4-6-18/h2-10,12,14-15H,11,13H2,1H3,(H,24,29)(H,26,27,30). The second-order valence-corrected chi connectivity index (χ2v) is 7.87. The maximum Gasteiger partial charge on any atom is 0.260 e. The van der Waals surface area contributed by atoms with E-state index in [0.717, 1.165) is 22.4 Å². The second-order valence-electron chi connectivity index (χ2n) is 7.01. The van der Waals surface area contributed by atoms with E-state index in [4.69, 9.17) is 0 Å². The molecule has 2 aromatic carbocycles. The Labute approximate surface area is 183 Å². The van der Waals surface area contributed by atoms with Crippen LogP contribution in [0.5, 0.6) is 0 Å². The Balaban J connectivity index is 1.37. The van der Waals surface area contributed by atoms with Crippen molar-refractivity contribution in [3.05, 3.63) is 89.1 Å². The molecule has 2 amide bonds. The molecule has 156 valence electrons. The number of rotatable bonds is 7. The predicted octanol–water partition coefficient (Wildman–Crippen LogP) is 3.94. The highest BCUT2D eigenvalue weighted by atomic mass is 32.1. The third kappa shape index (κ3) is 5.43. The molecule has 2 heterocycles. The van der Waals surface area contributed by atoms with Gasteiger partial charge in [0.15, 0.2) is 5.13 Å². The van der Waals surface area contributed by atoms with Crippen LogP contribution < -0.4 is 10.6 Å². The first kappa shape index (κ1) is 20.5. The molecule has 0 aliphatic carbocycles. The van der Waals surface area contributed by atoms with Crippen LogP contribution in [0.4, 0.5) is 5.13 Å². The molecule has 2 aromatic heterocycles. The minimum atomic E-state index is -0.245. The van der Waals surface area contributed by atoms with Crippen molar-refractivity contribution in [2.45, 2.75) is 20.0 Å². The summed E-state index contributed by atoms with van der Waals surface area (Å²) >= 11 is 1.37. The summed E-state index contributed by atoms with van der Waals surface area (Å²) in [5, 5.41) is 12.3. The molecule has 0 unspecified atom stereocenters. The first-order chi connectivity index (χ1) is 15.1. The first-order valence-electron chi connectivity index (χ1n) is 9.74. The molecule has 0 saturated heterocycles. The van der Waals surface area contributed by atoms with E-state index < -0.39 is 0 Å². The van der Waals surface area contributed by atoms with Crippen LogP contribution in [0.1, 0.15) is 28.4 Å². The third-order valence-corrected chi connectivity index (χ3v) is 5.36.